The number of benzene rings is 1. The molecule has 1 N–H and O–H groups in total. The number of carbonyl (C=O) groups excluding carboxylic acids is 1. The van der Waals surface area contributed by atoms with Crippen molar-refractivity contribution in [3.63, 3.8) is 0 Å². The van der Waals surface area contributed by atoms with Gasteiger partial charge in [-0.3, -0.25) is 4.79 Å². The van der Waals surface area contributed by atoms with Crippen molar-refractivity contribution in [2.24, 2.45) is 0 Å². The molecule has 1 aliphatic heterocycles. The molecule has 1 fully saturated rings. The largest absolute Gasteiger partial charge is 0.337 e. The summed E-state index contributed by atoms with van der Waals surface area (Å²) in [5, 5.41) is 3.31. The summed E-state index contributed by atoms with van der Waals surface area (Å²) in [6.07, 6.45) is 1.03. The van der Waals surface area contributed by atoms with Gasteiger partial charge in [0.25, 0.3) is 5.91 Å². The standard InChI is InChI=1S/C13H17BrN2O.ClH/c1-10-11(4-2-5-12(10)14)13(17)16-8-3-6-15-7-9-16;/h2,4-5,15H,3,6-9H2,1H3;1H. The molecular formula is C13H18BrClN2O. The Balaban J connectivity index is 0.00000162. The van der Waals surface area contributed by atoms with Gasteiger partial charge in [0, 0.05) is 29.7 Å². The Morgan fingerprint density at radius 1 is 1.33 bits per heavy atom. The molecule has 1 aromatic carbocycles. The maximum atomic E-state index is 12.4. The van der Waals surface area contributed by atoms with Gasteiger partial charge in [0.15, 0.2) is 0 Å². The third-order valence-electron chi connectivity index (χ3n) is 3.13. The zero-order valence-electron chi connectivity index (χ0n) is 10.4. The molecule has 100 valence electrons. The Hall–Kier alpha value is -0.580. The summed E-state index contributed by atoms with van der Waals surface area (Å²) in [7, 11) is 0. The predicted molar refractivity (Wildman–Crippen MR) is 79.5 cm³/mol. The van der Waals surface area contributed by atoms with Crippen LogP contribution in [0.15, 0.2) is 22.7 Å². The van der Waals surface area contributed by atoms with E-state index in [0.29, 0.717) is 0 Å². The van der Waals surface area contributed by atoms with Crippen LogP contribution in [0.25, 0.3) is 0 Å². The van der Waals surface area contributed by atoms with E-state index in [1.54, 1.807) is 0 Å². The van der Waals surface area contributed by atoms with Crippen molar-refractivity contribution in [3.8, 4) is 0 Å². The zero-order chi connectivity index (χ0) is 12.3. The van der Waals surface area contributed by atoms with Crippen molar-refractivity contribution in [2.75, 3.05) is 26.2 Å². The lowest BCUT2D eigenvalue weighted by Crippen LogP contribution is -2.34. The first-order chi connectivity index (χ1) is 8.20. The van der Waals surface area contributed by atoms with E-state index in [4.69, 9.17) is 0 Å². The second-order valence-electron chi connectivity index (χ2n) is 4.31. The Morgan fingerprint density at radius 2 is 2.11 bits per heavy atom. The number of nitrogens with one attached hydrogen (secondary N) is 1. The SMILES string of the molecule is Cc1c(Br)cccc1C(=O)N1CCCNCC1.Cl. The van der Waals surface area contributed by atoms with Crippen LogP contribution in [0.4, 0.5) is 0 Å². The molecule has 0 bridgehead atoms. The van der Waals surface area contributed by atoms with Gasteiger partial charge in [0.2, 0.25) is 0 Å². The average Bonchev–Trinajstić information content (AvgIpc) is 2.60. The van der Waals surface area contributed by atoms with Crippen molar-refractivity contribution in [2.45, 2.75) is 13.3 Å². The molecule has 18 heavy (non-hydrogen) atoms. The highest BCUT2D eigenvalue weighted by molar-refractivity contribution is 9.10. The molecule has 0 atom stereocenters. The summed E-state index contributed by atoms with van der Waals surface area (Å²) in [5.41, 5.74) is 1.83. The van der Waals surface area contributed by atoms with Crippen molar-refractivity contribution in [1.82, 2.24) is 10.2 Å². The number of hydrogen-bond acceptors (Lipinski definition) is 2. The average molecular weight is 334 g/mol. The number of hydrogen-bond donors (Lipinski definition) is 1. The first kappa shape index (κ1) is 15.5. The van der Waals surface area contributed by atoms with Gasteiger partial charge in [-0.2, -0.15) is 0 Å². The second kappa shape index (κ2) is 7.12. The smallest absolute Gasteiger partial charge is 0.254 e. The highest BCUT2D eigenvalue weighted by Gasteiger charge is 2.19. The molecule has 0 spiro atoms. The molecule has 1 saturated heterocycles. The van der Waals surface area contributed by atoms with E-state index in [9.17, 15) is 4.79 Å². The van der Waals surface area contributed by atoms with Crippen LogP contribution in [0, 0.1) is 6.92 Å². The monoisotopic (exact) mass is 332 g/mol. The topological polar surface area (TPSA) is 32.3 Å². The van der Waals surface area contributed by atoms with E-state index in [1.165, 1.54) is 0 Å². The quantitative estimate of drug-likeness (QED) is 0.857. The summed E-state index contributed by atoms with van der Waals surface area (Å²) in [4.78, 5) is 14.3. The van der Waals surface area contributed by atoms with E-state index in [0.717, 1.165) is 48.2 Å². The molecule has 1 amide bonds. The Bertz CT molecular complexity index is 417. The number of rotatable bonds is 1. The van der Waals surface area contributed by atoms with E-state index in [-0.39, 0.29) is 18.3 Å². The van der Waals surface area contributed by atoms with E-state index in [1.807, 2.05) is 30.0 Å². The highest BCUT2D eigenvalue weighted by atomic mass is 79.9. The third kappa shape index (κ3) is 3.46. The fourth-order valence-corrected chi connectivity index (χ4v) is 2.42. The van der Waals surface area contributed by atoms with Crippen LogP contribution >= 0.6 is 28.3 Å². The van der Waals surface area contributed by atoms with Gasteiger partial charge >= 0.3 is 0 Å². The summed E-state index contributed by atoms with van der Waals surface area (Å²) < 4.78 is 0.997. The van der Waals surface area contributed by atoms with Crippen molar-refractivity contribution >= 4 is 34.2 Å². The lowest BCUT2D eigenvalue weighted by molar-refractivity contribution is 0.0765. The fourth-order valence-electron chi connectivity index (χ4n) is 2.06. The maximum Gasteiger partial charge on any atom is 0.254 e. The minimum absolute atomic E-state index is 0. The van der Waals surface area contributed by atoms with Gasteiger partial charge in [-0.15, -0.1) is 12.4 Å². The molecule has 5 heteroatoms. The van der Waals surface area contributed by atoms with Gasteiger partial charge in [0.05, 0.1) is 0 Å². The van der Waals surface area contributed by atoms with Crippen LogP contribution in [0.1, 0.15) is 22.3 Å². The van der Waals surface area contributed by atoms with Crippen molar-refractivity contribution in [3.05, 3.63) is 33.8 Å². The van der Waals surface area contributed by atoms with E-state index < -0.39 is 0 Å². The number of nitrogens with zero attached hydrogens (tertiary/aromatic N) is 1. The third-order valence-corrected chi connectivity index (χ3v) is 3.98. The van der Waals surface area contributed by atoms with Crippen LogP contribution in [0.3, 0.4) is 0 Å². The summed E-state index contributed by atoms with van der Waals surface area (Å²) in [6, 6.07) is 5.79. The Kier molecular flexibility index (Phi) is 6.12. The van der Waals surface area contributed by atoms with Crippen LogP contribution in [-0.2, 0) is 0 Å². The van der Waals surface area contributed by atoms with Gasteiger partial charge in [-0.05, 0) is 37.6 Å². The minimum atomic E-state index is 0. The normalized spacial score (nSPS) is 15.8. The molecule has 0 saturated carbocycles. The Labute approximate surface area is 122 Å². The molecule has 3 nitrogen and oxygen atoms in total. The van der Waals surface area contributed by atoms with Crippen LogP contribution in [0.2, 0.25) is 0 Å². The second-order valence-corrected chi connectivity index (χ2v) is 5.16. The molecule has 0 radical (unpaired) electrons. The summed E-state index contributed by atoms with van der Waals surface area (Å²) >= 11 is 3.47. The van der Waals surface area contributed by atoms with Crippen molar-refractivity contribution < 1.29 is 4.79 Å². The van der Waals surface area contributed by atoms with Gasteiger partial charge in [-0.25, -0.2) is 0 Å². The van der Waals surface area contributed by atoms with Crippen LogP contribution in [0.5, 0.6) is 0 Å². The summed E-state index contributed by atoms with van der Waals surface area (Å²) in [6.45, 7) is 5.51. The molecule has 1 aromatic rings. The van der Waals surface area contributed by atoms with Gasteiger partial charge < -0.3 is 10.2 Å². The molecular weight excluding hydrogens is 316 g/mol. The minimum Gasteiger partial charge on any atom is -0.337 e. The van der Waals surface area contributed by atoms with Gasteiger partial charge in [0.1, 0.15) is 0 Å². The predicted octanol–water partition coefficient (Wildman–Crippen LogP) is 2.61. The molecule has 0 unspecified atom stereocenters. The van der Waals surface area contributed by atoms with E-state index in [2.05, 4.69) is 21.2 Å². The van der Waals surface area contributed by atoms with Crippen LogP contribution < -0.4 is 5.32 Å². The number of amides is 1. The van der Waals surface area contributed by atoms with E-state index >= 15 is 0 Å². The number of halogens is 2. The molecule has 2 rings (SSSR count). The lowest BCUT2D eigenvalue weighted by atomic mass is 10.1. The highest BCUT2D eigenvalue weighted by Crippen LogP contribution is 2.20. The first-order valence-corrected chi connectivity index (χ1v) is 6.74. The molecule has 0 aromatic heterocycles. The van der Waals surface area contributed by atoms with Gasteiger partial charge in [-0.1, -0.05) is 22.0 Å². The maximum absolute atomic E-state index is 12.4. The van der Waals surface area contributed by atoms with Crippen LogP contribution in [-0.4, -0.2) is 37.0 Å². The number of carbonyl (C=O) groups is 1. The molecule has 0 aliphatic carbocycles. The fraction of sp³-hybridized carbons (Fsp3) is 0.462. The molecule has 1 aliphatic rings. The van der Waals surface area contributed by atoms with Crippen molar-refractivity contribution in [1.29, 1.82) is 0 Å². The molecule has 1 heterocycles. The lowest BCUT2D eigenvalue weighted by Gasteiger charge is -2.21. The Morgan fingerprint density at radius 3 is 2.89 bits per heavy atom. The summed E-state index contributed by atoms with van der Waals surface area (Å²) in [5.74, 6) is 0.146. The first-order valence-electron chi connectivity index (χ1n) is 5.95. The zero-order valence-corrected chi connectivity index (χ0v) is 12.8.